The molecule has 3 aromatic rings. The first-order valence-corrected chi connectivity index (χ1v) is 6.79. The number of primary amides is 2. The quantitative estimate of drug-likeness (QED) is 0.777. The van der Waals surface area contributed by atoms with Gasteiger partial charge in [0.1, 0.15) is 0 Å². The van der Waals surface area contributed by atoms with Gasteiger partial charge in [0.15, 0.2) is 0 Å². The Labute approximate surface area is 127 Å². The summed E-state index contributed by atoms with van der Waals surface area (Å²) in [7, 11) is 0. The lowest BCUT2D eigenvalue weighted by Gasteiger charge is -2.11. The number of rotatable bonds is 3. The molecule has 0 atom stereocenters. The van der Waals surface area contributed by atoms with Gasteiger partial charge < -0.3 is 11.5 Å². The van der Waals surface area contributed by atoms with E-state index in [1.165, 1.54) is 6.07 Å². The summed E-state index contributed by atoms with van der Waals surface area (Å²) in [5, 5.41) is 2.02. The first kappa shape index (κ1) is 13.8. The Balaban J connectivity index is 2.35. The number of hydrogen-bond donors (Lipinski definition) is 2. The van der Waals surface area contributed by atoms with E-state index in [0.717, 1.165) is 16.3 Å². The lowest BCUT2D eigenvalue weighted by Crippen LogP contribution is -2.15. The van der Waals surface area contributed by atoms with Crippen LogP contribution in [-0.2, 0) is 0 Å². The minimum atomic E-state index is -0.544. The van der Waals surface area contributed by atoms with Crippen molar-refractivity contribution in [2.75, 3.05) is 0 Å². The minimum absolute atomic E-state index is 0.341. The Morgan fingerprint density at radius 3 is 2.18 bits per heavy atom. The van der Waals surface area contributed by atoms with E-state index in [4.69, 9.17) is 11.5 Å². The highest BCUT2D eigenvalue weighted by Crippen LogP contribution is 2.31. The van der Waals surface area contributed by atoms with Crippen molar-refractivity contribution in [3.8, 4) is 11.1 Å². The van der Waals surface area contributed by atoms with Crippen molar-refractivity contribution in [1.82, 2.24) is 0 Å². The van der Waals surface area contributed by atoms with Crippen LogP contribution in [0.15, 0.2) is 60.7 Å². The molecule has 0 aliphatic carbocycles. The molecule has 3 aromatic carbocycles. The van der Waals surface area contributed by atoms with Crippen LogP contribution in [0, 0.1) is 0 Å². The number of nitrogens with two attached hydrogens (primary N) is 2. The maximum atomic E-state index is 11.7. The van der Waals surface area contributed by atoms with Gasteiger partial charge in [0, 0.05) is 11.1 Å². The van der Waals surface area contributed by atoms with Gasteiger partial charge in [0.2, 0.25) is 11.8 Å². The highest BCUT2D eigenvalue weighted by atomic mass is 16.1. The normalized spacial score (nSPS) is 10.5. The SMILES string of the molecule is NC(=O)c1ccc(C(N)=O)c(-c2cccc3ccccc23)c1. The summed E-state index contributed by atoms with van der Waals surface area (Å²) < 4.78 is 0. The van der Waals surface area contributed by atoms with Crippen LogP contribution in [0.25, 0.3) is 21.9 Å². The predicted molar refractivity (Wildman–Crippen MR) is 86.4 cm³/mol. The van der Waals surface area contributed by atoms with E-state index in [1.807, 2.05) is 42.5 Å². The van der Waals surface area contributed by atoms with Crippen molar-refractivity contribution in [1.29, 1.82) is 0 Å². The number of benzene rings is 3. The summed E-state index contributed by atoms with van der Waals surface area (Å²) in [6.45, 7) is 0. The summed E-state index contributed by atoms with van der Waals surface area (Å²) in [4.78, 5) is 23.2. The third kappa shape index (κ3) is 2.31. The van der Waals surface area contributed by atoms with E-state index in [9.17, 15) is 9.59 Å². The van der Waals surface area contributed by atoms with E-state index < -0.39 is 11.8 Å². The molecule has 3 rings (SSSR count). The first-order valence-electron chi connectivity index (χ1n) is 6.79. The predicted octanol–water partition coefficient (Wildman–Crippen LogP) is 2.70. The highest BCUT2D eigenvalue weighted by Gasteiger charge is 2.14. The van der Waals surface area contributed by atoms with Crippen LogP contribution in [0.3, 0.4) is 0 Å². The van der Waals surface area contributed by atoms with Crippen LogP contribution < -0.4 is 11.5 Å². The second kappa shape index (κ2) is 5.33. The van der Waals surface area contributed by atoms with Gasteiger partial charge in [0.25, 0.3) is 0 Å². The molecule has 0 saturated carbocycles. The number of carbonyl (C=O) groups excluding carboxylic acids is 2. The fourth-order valence-corrected chi connectivity index (χ4v) is 2.60. The average Bonchev–Trinajstić information content (AvgIpc) is 2.53. The van der Waals surface area contributed by atoms with Crippen LogP contribution in [0.1, 0.15) is 20.7 Å². The fourth-order valence-electron chi connectivity index (χ4n) is 2.60. The molecule has 2 amide bonds. The van der Waals surface area contributed by atoms with Crippen molar-refractivity contribution in [3.63, 3.8) is 0 Å². The molecule has 0 aliphatic rings. The van der Waals surface area contributed by atoms with Gasteiger partial charge >= 0.3 is 0 Å². The van der Waals surface area contributed by atoms with E-state index in [2.05, 4.69) is 0 Å². The molecule has 22 heavy (non-hydrogen) atoms. The Morgan fingerprint density at radius 2 is 1.45 bits per heavy atom. The summed E-state index contributed by atoms with van der Waals surface area (Å²) in [6, 6.07) is 18.3. The molecule has 4 heteroatoms. The molecule has 0 heterocycles. The highest BCUT2D eigenvalue weighted by molar-refractivity contribution is 6.07. The van der Waals surface area contributed by atoms with Crippen molar-refractivity contribution >= 4 is 22.6 Å². The van der Waals surface area contributed by atoms with Crippen LogP contribution in [0.2, 0.25) is 0 Å². The Morgan fingerprint density at radius 1 is 0.727 bits per heavy atom. The largest absolute Gasteiger partial charge is 0.366 e. The molecule has 108 valence electrons. The van der Waals surface area contributed by atoms with Crippen molar-refractivity contribution in [2.45, 2.75) is 0 Å². The molecule has 4 nitrogen and oxygen atoms in total. The zero-order valence-corrected chi connectivity index (χ0v) is 11.7. The molecule has 0 bridgehead atoms. The standard InChI is InChI=1S/C18H14N2O2/c19-17(21)12-8-9-15(18(20)22)16(10-12)14-7-3-5-11-4-1-2-6-13(11)14/h1-10H,(H2,19,21)(H2,20,22). The molecule has 4 N–H and O–H groups in total. The van der Waals surface area contributed by atoms with Crippen LogP contribution >= 0.6 is 0 Å². The van der Waals surface area contributed by atoms with Gasteiger partial charge in [-0.25, -0.2) is 0 Å². The molecule has 0 radical (unpaired) electrons. The number of fused-ring (bicyclic) bond motifs is 1. The number of amides is 2. The third-order valence-corrected chi connectivity index (χ3v) is 3.65. The lowest BCUT2D eigenvalue weighted by molar-refractivity contribution is 0.0989. The molecule has 0 saturated heterocycles. The Hall–Kier alpha value is -3.14. The van der Waals surface area contributed by atoms with Gasteiger partial charge in [-0.2, -0.15) is 0 Å². The van der Waals surface area contributed by atoms with E-state index in [-0.39, 0.29) is 0 Å². The topological polar surface area (TPSA) is 86.2 Å². The monoisotopic (exact) mass is 290 g/mol. The molecule has 0 fully saturated rings. The Kier molecular flexibility index (Phi) is 3.35. The van der Waals surface area contributed by atoms with Crippen molar-refractivity contribution in [3.05, 3.63) is 71.8 Å². The fraction of sp³-hybridized carbons (Fsp3) is 0. The minimum Gasteiger partial charge on any atom is -0.366 e. The van der Waals surface area contributed by atoms with Gasteiger partial charge in [-0.15, -0.1) is 0 Å². The molecule has 0 spiro atoms. The van der Waals surface area contributed by atoms with Gasteiger partial charge in [-0.05, 0) is 40.1 Å². The van der Waals surface area contributed by atoms with Crippen LogP contribution in [0.4, 0.5) is 0 Å². The van der Waals surface area contributed by atoms with Gasteiger partial charge in [-0.1, -0.05) is 42.5 Å². The van der Waals surface area contributed by atoms with E-state index in [1.54, 1.807) is 12.1 Å². The summed E-state index contributed by atoms with van der Waals surface area (Å²) in [5.41, 5.74) is 13.0. The van der Waals surface area contributed by atoms with Crippen molar-refractivity contribution < 1.29 is 9.59 Å². The number of hydrogen-bond acceptors (Lipinski definition) is 2. The summed E-state index contributed by atoms with van der Waals surface area (Å²) in [6.07, 6.45) is 0. The molecule has 0 unspecified atom stereocenters. The van der Waals surface area contributed by atoms with Crippen molar-refractivity contribution in [2.24, 2.45) is 11.5 Å². The second-order valence-electron chi connectivity index (χ2n) is 5.02. The van der Waals surface area contributed by atoms with Gasteiger partial charge in [-0.3, -0.25) is 9.59 Å². The maximum absolute atomic E-state index is 11.7. The molecule has 0 aliphatic heterocycles. The van der Waals surface area contributed by atoms with Gasteiger partial charge in [0.05, 0.1) is 0 Å². The van der Waals surface area contributed by atoms with Crippen LogP contribution in [0.5, 0.6) is 0 Å². The third-order valence-electron chi connectivity index (χ3n) is 3.65. The summed E-state index contributed by atoms with van der Waals surface area (Å²) in [5.74, 6) is -1.09. The maximum Gasteiger partial charge on any atom is 0.249 e. The van der Waals surface area contributed by atoms with Crippen LogP contribution in [-0.4, -0.2) is 11.8 Å². The molecular weight excluding hydrogens is 276 g/mol. The Bertz CT molecular complexity index is 895. The zero-order chi connectivity index (χ0) is 15.7. The zero-order valence-electron chi connectivity index (χ0n) is 11.7. The first-order chi connectivity index (χ1) is 10.6. The van der Waals surface area contributed by atoms with E-state index >= 15 is 0 Å². The molecule has 0 aromatic heterocycles. The smallest absolute Gasteiger partial charge is 0.249 e. The van der Waals surface area contributed by atoms with E-state index in [0.29, 0.717) is 16.7 Å². The second-order valence-corrected chi connectivity index (χ2v) is 5.02. The average molecular weight is 290 g/mol. The number of carbonyl (C=O) groups is 2. The lowest BCUT2D eigenvalue weighted by atomic mass is 9.93. The molecular formula is C18H14N2O2. The summed E-state index contributed by atoms with van der Waals surface area (Å²) >= 11 is 0.